The first kappa shape index (κ1) is 16.5. The molecule has 1 aromatic carbocycles. The maximum Gasteiger partial charge on any atom is 0.231 e. The smallest absolute Gasteiger partial charge is 0.231 e. The van der Waals surface area contributed by atoms with Crippen LogP contribution >= 0.6 is 11.6 Å². The van der Waals surface area contributed by atoms with E-state index in [0.29, 0.717) is 46.5 Å². The second-order valence-electron chi connectivity index (χ2n) is 6.02. The molecule has 0 saturated carbocycles. The molecule has 1 N–H and O–H groups in total. The van der Waals surface area contributed by atoms with Crippen LogP contribution in [0.25, 0.3) is 11.2 Å². The van der Waals surface area contributed by atoms with Gasteiger partial charge in [0.05, 0.1) is 18.1 Å². The standard InChI is InChI=1S/C16H16ClN7O2/c1-23-14-13(21-22-23)15(19-8-18-14)24-6-9(7-24)16(25)20-10-3-4-12(26-2)11(17)5-10/h3-5,8-9H,6-7H2,1-2H3,(H,20,25). The number of carbonyl (C=O) groups is 1. The lowest BCUT2D eigenvalue weighted by Crippen LogP contribution is -2.52. The van der Waals surface area contributed by atoms with Gasteiger partial charge in [-0.25, -0.2) is 14.6 Å². The third-order valence-corrected chi connectivity index (χ3v) is 4.64. The summed E-state index contributed by atoms with van der Waals surface area (Å²) in [4.78, 5) is 22.9. The van der Waals surface area contributed by atoms with Gasteiger partial charge < -0.3 is 15.0 Å². The fourth-order valence-electron chi connectivity index (χ4n) is 2.88. The molecular formula is C16H16ClN7O2. The minimum Gasteiger partial charge on any atom is -0.495 e. The van der Waals surface area contributed by atoms with Crippen LogP contribution in [0.3, 0.4) is 0 Å². The number of hydrogen-bond acceptors (Lipinski definition) is 7. The highest BCUT2D eigenvalue weighted by molar-refractivity contribution is 6.32. The topological polar surface area (TPSA) is 98.1 Å². The van der Waals surface area contributed by atoms with Gasteiger partial charge in [0.1, 0.15) is 12.1 Å². The Balaban J connectivity index is 1.42. The lowest BCUT2D eigenvalue weighted by Gasteiger charge is -2.38. The number of aromatic nitrogens is 5. The summed E-state index contributed by atoms with van der Waals surface area (Å²) in [6.07, 6.45) is 1.48. The second-order valence-corrected chi connectivity index (χ2v) is 6.43. The fourth-order valence-corrected chi connectivity index (χ4v) is 3.14. The zero-order valence-corrected chi connectivity index (χ0v) is 14.9. The lowest BCUT2D eigenvalue weighted by molar-refractivity contribution is -0.120. The number of nitrogens with zero attached hydrogens (tertiary/aromatic N) is 6. The summed E-state index contributed by atoms with van der Waals surface area (Å²) in [6, 6.07) is 5.14. The van der Waals surface area contributed by atoms with Gasteiger partial charge in [0.15, 0.2) is 17.0 Å². The van der Waals surface area contributed by atoms with Crippen LogP contribution in [0.1, 0.15) is 0 Å². The Labute approximate surface area is 153 Å². The minimum absolute atomic E-state index is 0.0630. The Hall–Kier alpha value is -2.94. The minimum atomic E-state index is -0.141. The van der Waals surface area contributed by atoms with Crippen LogP contribution < -0.4 is 15.0 Å². The number of methoxy groups -OCH3 is 1. The molecule has 0 bridgehead atoms. The number of anilines is 2. The van der Waals surface area contributed by atoms with Crippen molar-refractivity contribution in [3.05, 3.63) is 29.5 Å². The highest BCUT2D eigenvalue weighted by Crippen LogP contribution is 2.30. The van der Waals surface area contributed by atoms with E-state index < -0.39 is 0 Å². The predicted molar refractivity (Wildman–Crippen MR) is 96.4 cm³/mol. The Morgan fingerprint density at radius 1 is 1.35 bits per heavy atom. The summed E-state index contributed by atoms with van der Waals surface area (Å²) in [7, 11) is 3.32. The Kier molecular flexibility index (Phi) is 4.08. The van der Waals surface area contributed by atoms with Gasteiger partial charge in [0.25, 0.3) is 0 Å². The Morgan fingerprint density at radius 2 is 2.15 bits per heavy atom. The van der Waals surface area contributed by atoms with E-state index in [-0.39, 0.29) is 11.8 Å². The van der Waals surface area contributed by atoms with Gasteiger partial charge in [0.2, 0.25) is 5.91 Å². The average Bonchev–Trinajstić information content (AvgIpc) is 2.96. The van der Waals surface area contributed by atoms with Crippen LogP contribution in [-0.2, 0) is 11.8 Å². The highest BCUT2D eigenvalue weighted by atomic mass is 35.5. The van der Waals surface area contributed by atoms with E-state index in [1.165, 1.54) is 6.33 Å². The molecule has 0 unspecified atom stereocenters. The number of rotatable bonds is 4. The molecule has 1 aliphatic heterocycles. The highest BCUT2D eigenvalue weighted by Gasteiger charge is 2.35. The van der Waals surface area contributed by atoms with Crippen LogP contribution in [0.5, 0.6) is 5.75 Å². The zero-order chi connectivity index (χ0) is 18.3. The van der Waals surface area contributed by atoms with Gasteiger partial charge >= 0.3 is 0 Å². The zero-order valence-electron chi connectivity index (χ0n) is 14.2. The molecule has 0 atom stereocenters. The number of fused-ring (bicyclic) bond motifs is 1. The van der Waals surface area contributed by atoms with Crippen LogP contribution in [-0.4, -0.2) is 51.1 Å². The fraction of sp³-hybridized carbons (Fsp3) is 0.312. The van der Waals surface area contributed by atoms with E-state index in [1.54, 1.807) is 37.0 Å². The summed E-state index contributed by atoms with van der Waals surface area (Å²) < 4.78 is 6.70. The number of amides is 1. The molecular weight excluding hydrogens is 358 g/mol. The SMILES string of the molecule is COc1ccc(NC(=O)C2CN(c3ncnc4c3nnn4C)C2)cc1Cl. The molecule has 0 aliphatic carbocycles. The molecule has 2 aromatic heterocycles. The second kappa shape index (κ2) is 6.41. The van der Waals surface area contributed by atoms with Gasteiger partial charge in [0, 0.05) is 25.8 Å². The van der Waals surface area contributed by atoms with Crippen molar-refractivity contribution in [2.75, 3.05) is 30.4 Å². The molecule has 1 fully saturated rings. The van der Waals surface area contributed by atoms with Gasteiger partial charge in [-0.05, 0) is 18.2 Å². The number of hydrogen-bond donors (Lipinski definition) is 1. The van der Waals surface area contributed by atoms with Crippen molar-refractivity contribution in [1.82, 2.24) is 25.0 Å². The molecule has 1 amide bonds. The van der Waals surface area contributed by atoms with Crippen molar-refractivity contribution in [3.8, 4) is 5.75 Å². The van der Waals surface area contributed by atoms with Crippen molar-refractivity contribution in [1.29, 1.82) is 0 Å². The molecule has 0 spiro atoms. The van der Waals surface area contributed by atoms with Gasteiger partial charge in [-0.15, -0.1) is 5.10 Å². The first-order valence-corrected chi connectivity index (χ1v) is 8.34. The van der Waals surface area contributed by atoms with Crippen LogP contribution in [0.15, 0.2) is 24.5 Å². The number of benzene rings is 1. The maximum absolute atomic E-state index is 12.4. The predicted octanol–water partition coefficient (Wildman–Crippen LogP) is 1.50. The molecule has 26 heavy (non-hydrogen) atoms. The van der Waals surface area contributed by atoms with Crippen LogP contribution in [0.4, 0.5) is 11.5 Å². The summed E-state index contributed by atoms with van der Waals surface area (Å²) in [6.45, 7) is 1.11. The van der Waals surface area contributed by atoms with E-state index in [4.69, 9.17) is 16.3 Å². The van der Waals surface area contributed by atoms with Crippen LogP contribution in [0.2, 0.25) is 5.02 Å². The lowest BCUT2D eigenvalue weighted by atomic mass is 9.99. The molecule has 134 valence electrons. The third kappa shape index (κ3) is 2.80. The first-order chi connectivity index (χ1) is 12.6. The Morgan fingerprint density at radius 3 is 2.88 bits per heavy atom. The monoisotopic (exact) mass is 373 g/mol. The molecule has 3 heterocycles. The molecule has 1 saturated heterocycles. The van der Waals surface area contributed by atoms with Crippen molar-refractivity contribution < 1.29 is 9.53 Å². The van der Waals surface area contributed by atoms with Gasteiger partial charge in [-0.1, -0.05) is 16.8 Å². The normalized spacial score (nSPS) is 14.3. The van der Waals surface area contributed by atoms with Gasteiger partial charge in [-0.3, -0.25) is 4.79 Å². The number of carbonyl (C=O) groups excluding carboxylic acids is 1. The van der Waals surface area contributed by atoms with E-state index in [1.807, 2.05) is 4.90 Å². The third-order valence-electron chi connectivity index (χ3n) is 4.34. The van der Waals surface area contributed by atoms with E-state index in [9.17, 15) is 4.79 Å². The molecule has 4 rings (SSSR count). The van der Waals surface area contributed by atoms with Crippen LogP contribution in [0, 0.1) is 5.92 Å². The summed E-state index contributed by atoms with van der Waals surface area (Å²) >= 11 is 6.09. The van der Waals surface area contributed by atoms with E-state index in [2.05, 4.69) is 25.6 Å². The molecule has 1 aliphatic rings. The summed E-state index contributed by atoms with van der Waals surface area (Å²) in [5, 5.41) is 11.4. The maximum atomic E-state index is 12.4. The number of halogens is 1. The summed E-state index contributed by atoms with van der Waals surface area (Å²) in [5.74, 6) is 1.06. The van der Waals surface area contributed by atoms with E-state index >= 15 is 0 Å². The molecule has 10 heteroatoms. The molecule has 0 radical (unpaired) electrons. The average molecular weight is 374 g/mol. The molecule has 9 nitrogen and oxygen atoms in total. The van der Waals surface area contributed by atoms with Crippen molar-refractivity contribution in [3.63, 3.8) is 0 Å². The first-order valence-electron chi connectivity index (χ1n) is 7.96. The number of ether oxygens (including phenoxy) is 1. The van der Waals surface area contributed by atoms with Crippen molar-refractivity contribution in [2.24, 2.45) is 13.0 Å². The summed E-state index contributed by atoms with van der Waals surface area (Å²) in [5.41, 5.74) is 1.93. The van der Waals surface area contributed by atoms with Crippen molar-refractivity contribution in [2.45, 2.75) is 0 Å². The van der Waals surface area contributed by atoms with Crippen molar-refractivity contribution >= 4 is 40.2 Å². The largest absolute Gasteiger partial charge is 0.495 e. The van der Waals surface area contributed by atoms with E-state index in [0.717, 1.165) is 0 Å². The Bertz CT molecular complexity index is 984. The number of aryl methyl sites for hydroxylation is 1. The molecule has 3 aromatic rings. The number of nitrogens with one attached hydrogen (secondary N) is 1. The quantitative estimate of drug-likeness (QED) is 0.739. The van der Waals surface area contributed by atoms with Gasteiger partial charge in [-0.2, -0.15) is 0 Å².